The molecular weight excluding hydrogens is 805 g/mol. The summed E-state index contributed by atoms with van der Waals surface area (Å²) in [5.74, 6) is 8.84. The third kappa shape index (κ3) is 8.16. The highest BCUT2D eigenvalue weighted by molar-refractivity contribution is 7.99. The summed E-state index contributed by atoms with van der Waals surface area (Å²) in [4.78, 5) is 38.9. The highest BCUT2D eigenvalue weighted by Crippen LogP contribution is 2.39. The van der Waals surface area contributed by atoms with Crippen molar-refractivity contribution in [1.82, 2.24) is 39.9 Å². The van der Waals surface area contributed by atoms with Gasteiger partial charge in [-0.1, -0.05) is 63.1 Å². The van der Waals surface area contributed by atoms with E-state index in [-0.39, 0.29) is 11.8 Å². The van der Waals surface area contributed by atoms with Crippen molar-refractivity contribution in [2.75, 3.05) is 10.6 Å². The first-order chi connectivity index (χ1) is 30.3. The second-order valence-electron chi connectivity index (χ2n) is 15.5. The largest absolute Gasteiger partial charge is 0.361 e. The normalized spacial score (nSPS) is 11.5. The van der Waals surface area contributed by atoms with Gasteiger partial charge < -0.3 is 20.6 Å². The van der Waals surface area contributed by atoms with Crippen LogP contribution in [0.15, 0.2) is 154 Å². The van der Waals surface area contributed by atoms with Crippen LogP contribution in [0.3, 0.4) is 0 Å². The van der Waals surface area contributed by atoms with Gasteiger partial charge in [-0.3, -0.25) is 0 Å². The van der Waals surface area contributed by atoms with Crippen LogP contribution in [0.25, 0.3) is 43.9 Å². The summed E-state index contributed by atoms with van der Waals surface area (Å²) in [6.07, 6.45) is 7.05. The number of pyridine rings is 2. The number of hydrogen-bond donors (Lipinski definition) is 4. The maximum atomic E-state index is 4.83. The lowest BCUT2D eigenvalue weighted by Crippen LogP contribution is -2.01. The Balaban J connectivity index is 1.02. The van der Waals surface area contributed by atoms with Crippen molar-refractivity contribution in [3.05, 3.63) is 157 Å². The number of H-pyrrole nitrogens is 2. The van der Waals surface area contributed by atoms with Gasteiger partial charge in [-0.2, -0.15) is 0 Å². The molecule has 6 heterocycles. The van der Waals surface area contributed by atoms with Gasteiger partial charge in [0, 0.05) is 76.3 Å². The zero-order chi connectivity index (χ0) is 42.2. The predicted molar refractivity (Wildman–Crippen MR) is 253 cm³/mol. The molecule has 0 spiro atoms. The van der Waals surface area contributed by atoms with Crippen LogP contribution < -0.4 is 10.6 Å². The summed E-state index contributed by atoms with van der Waals surface area (Å²) in [7, 11) is 0. The Morgan fingerprint density at radius 2 is 0.968 bits per heavy atom. The number of rotatable bonds is 10. The second-order valence-corrected chi connectivity index (χ2v) is 17.8. The fourth-order valence-corrected chi connectivity index (χ4v) is 9.05. The average molecular weight is 845 g/mol. The van der Waals surface area contributed by atoms with E-state index in [0.29, 0.717) is 22.9 Å². The Bertz CT molecular complexity index is 3140. The molecule has 10 rings (SSSR count). The van der Waals surface area contributed by atoms with E-state index in [9.17, 15) is 0 Å². The lowest BCUT2D eigenvalue weighted by Gasteiger charge is -2.14. The van der Waals surface area contributed by atoms with E-state index in [2.05, 4.69) is 165 Å². The summed E-state index contributed by atoms with van der Waals surface area (Å²) in [6.45, 7) is 8.52. The Kier molecular flexibility index (Phi) is 10.5. The van der Waals surface area contributed by atoms with Crippen molar-refractivity contribution in [1.29, 1.82) is 0 Å². The van der Waals surface area contributed by atoms with Gasteiger partial charge in [-0.05, 0) is 121 Å². The van der Waals surface area contributed by atoms with Crippen LogP contribution in [0.5, 0.6) is 0 Å². The van der Waals surface area contributed by atoms with Gasteiger partial charge >= 0.3 is 0 Å². The topological polar surface area (TPSA) is 133 Å². The molecule has 6 aromatic heterocycles. The third-order valence-electron chi connectivity index (χ3n) is 10.5. The van der Waals surface area contributed by atoms with Crippen molar-refractivity contribution < 1.29 is 0 Å². The van der Waals surface area contributed by atoms with Crippen molar-refractivity contribution in [3.63, 3.8) is 0 Å². The van der Waals surface area contributed by atoms with Crippen molar-refractivity contribution >= 4 is 90.4 Å². The van der Waals surface area contributed by atoms with E-state index < -0.39 is 0 Å². The molecule has 0 aliphatic heterocycles. The molecule has 0 bridgehead atoms. The van der Waals surface area contributed by atoms with E-state index in [0.717, 1.165) is 86.0 Å². The lowest BCUT2D eigenvalue weighted by atomic mass is 10.1. The first-order valence-corrected chi connectivity index (χ1v) is 22.0. The highest BCUT2D eigenvalue weighted by Gasteiger charge is 2.15. The molecule has 0 unspecified atom stereocenters. The Labute approximate surface area is 366 Å². The minimum Gasteiger partial charge on any atom is -0.361 e. The Morgan fingerprint density at radius 1 is 0.500 bits per heavy atom. The summed E-state index contributed by atoms with van der Waals surface area (Å²) in [6, 6.07) is 37.8. The number of benzene rings is 4. The zero-order valence-corrected chi connectivity index (χ0v) is 36.0. The number of fused-ring (bicyclic) bond motifs is 4. The molecule has 0 fully saturated rings. The van der Waals surface area contributed by atoms with Crippen LogP contribution in [-0.4, -0.2) is 39.9 Å². The van der Waals surface area contributed by atoms with E-state index >= 15 is 0 Å². The fraction of sp³-hybridized carbons (Fsp3) is 0.120. The molecule has 0 aliphatic rings. The van der Waals surface area contributed by atoms with Gasteiger partial charge in [0.15, 0.2) is 11.3 Å². The van der Waals surface area contributed by atoms with Crippen LogP contribution in [-0.2, 0) is 0 Å². The van der Waals surface area contributed by atoms with E-state index in [4.69, 9.17) is 9.97 Å². The second kappa shape index (κ2) is 16.7. The van der Waals surface area contributed by atoms with Gasteiger partial charge in [0.2, 0.25) is 0 Å². The summed E-state index contributed by atoms with van der Waals surface area (Å²) in [5.41, 5.74) is 8.93. The molecule has 0 radical (unpaired) electrons. The van der Waals surface area contributed by atoms with Gasteiger partial charge in [0.25, 0.3) is 0 Å². The van der Waals surface area contributed by atoms with E-state index in [1.807, 2.05) is 36.7 Å². The molecule has 0 saturated carbocycles. The van der Waals surface area contributed by atoms with Crippen molar-refractivity contribution in [3.8, 4) is 11.8 Å². The van der Waals surface area contributed by atoms with E-state index in [1.54, 1.807) is 36.2 Å². The molecule has 62 heavy (non-hydrogen) atoms. The maximum absolute atomic E-state index is 4.83. The van der Waals surface area contributed by atoms with Crippen LogP contribution in [0.4, 0.5) is 23.0 Å². The van der Waals surface area contributed by atoms with Crippen molar-refractivity contribution in [2.24, 2.45) is 0 Å². The molecule has 10 aromatic rings. The first-order valence-electron chi connectivity index (χ1n) is 20.4. The Hall–Kier alpha value is -7.20. The Morgan fingerprint density at radius 3 is 1.42 bits per heavy atom. The average Bonchev–Trinajstić information content (AvgIpc) is 3.96. The SMILES string of the molecule is CC(C)c1ccc2c(Nc3cc(C#Cc4ccc(Sc5ccc6[nH]ccc6c5)c(Nc5ncnc6nc(C(C)C)ccc56)c4)ccc3Sc3ccc4[nH]ccc4c3)ncnc2n1. The lowest BCUT2D eigenvalue weighted by molar-refractivity contribution is 0.827. The summed E-state index contributed by atoms with van der Waals surface area (Å²) < 4.78 is 0. The van der Waals surface area contributed by atoms with Gasteiger partial charge in [0.1, 0.15) is 24.3 Å². The standard InChI is InChI=1S/C50H40N10S2/c1-29(2)39-15-11-37-47(57-39)53-27-55-49(37)59-43-23-31(7-17-45(43)61-35-9-13-41-33(25-35)19-21-51-41)5-6-32-8-18-46(62-36-10-14-42-34(26-36)20-22-52-42)44(24-32)60-50-38-12-16-40(30(3)4)58-48(38)54-28-56-50/h7-30,51-52H,1-4H3,(H,53,55,57,59)(H,54,56,58,60). The molecule has 302 valence electrons. The first kappa shape index (κ1) is 39.0. The highest BCUT2D eigenvalue weighted by atomic mass is 32.2. The molecule has 0 saturated heterocycles. The van der Waals surface area contributed by atoms with Crippen LogP contribution >= 0.6 is 23.5 Å². The summed E-state index contributed by atoms with van der Waals surface area (Å²) >= 11 is 3.37. The number of aromatic nitrogens is 8. The van der Waals surface area contributed by atoms with Crippen molar-refractivity contribution in [2.45, 2.75) is 59.1 Å². The zero-order valence-electron chi connectivity index (χ0n) is 34.4. The molecule has 0 amide bonds. The number of nitrogens with zero attached hydrogens (tertiary/aromatic N) is 6. The molecule has 12 heteroatoms. The number of hydrogen-bond acceptors (Lipinski definition) is 10. The fourth-order valence-electron chi connectivity index (χ4n) is 7.19. The number of nitrogens with one attached hydrogen (secondary N) is 4. The minimum absolute atomic E-state index is 0.283. The molecule has 10 nitrogen and oxygen atoms in total. The molecule has 4 aromatic carbocycles. The molecule has 0 aliphatic carbocycles. The van der Waals surface area contributed by atoms with E-state index in [1.165, 1.54) is 0 Å². The number of aromatic amines is 2. The quantitative estimate of drug-likeness (QED) is 0.0986. The molecule has 4 N–H and O–H groups in total. The predicted octanol–water partition coefficient (Wildman–Crippen LogP) is 12.8. The molecular formula is C50H40N10S2. The van der Waals surface area contributed by atoms with Gasteiger partial charge in [-0.25, -0.2) is 29.9 Å². The summed E-state index contributed by atoms with van der Waals surface area (Å²) in [5, 5.41) is 11.3. The minimum atomic E-state index is 0.283. The third-order valence-corrected chi connectivity index (χ3v) is 12.7. The van der Waals surface area contributed by atoms with Crippen LogP contribution in [0.2, 0.25) is 0 Å². The maximum Gasteiger partial charge on any atom is 0.164 e. The monoisotopic (exact) mass is 844 g/mol. The van der Waals surface area contributed by atoms with Crippen LogP contribution in [0.1, 0.15) is 62.0 Å². The molecule has 0 atom stereocenters. The van der Waals surface area contributed by atoms with Gasteiger partial charge in [-0.15, -0.1) is 0 Å². The smallest absolute Gasteiger partial charge is 0.164 e. The van der Waals surface area contributed by atoms with Crippen LogP contribution in [0, 0.1) is 11.8 Å². The number of anilines is 4. The van der Waals surface area contributed by atoms with Gasteiger partial charge in [0.05, 0.1) is 22.1 Å².